The molecule has 2 aromatic rings. The summed E-state index contributed by atoms with van der Waals surface area (Å²) >= 11 is 1.74. The predicted molar refractivity (Wildman–Crippen MR) is 53.4 cm³/mol. The number of aromatic amines is 1. The Morgan fingerprint density at radius 2 is 2.15 bits per heavy atom. The van der Waals surface area contributed by atoms with Crippen molar-refractivity contribution < 1.29 is 5.11 Å². The number of fused-ring (bicyclic) bond motifs is 1. The Labute approximate surface area is 84.9 Å². The molecule has 2 heterocycles. The highest BCUT2D eigenvalue weighted by molar-refractivity contribution is 14.1. The van der Waals surface area contributed by atoms with Gasteiger partial charge in [0.05, 0.1) is 29.1 Å². The molecule has 0 aliphatic rings. The summed E-state index contributed by atoms with van der Waals surface area (Å²) in [5.74, 6) is -0.439. The molecule has 0 unspecified atom stereocenters. The van der Waals surface area contributed by atoms with Gasteiger partial charge in [-0.2, -0.15) is 2.90 Å². The maximum Gasteiger partial charge on any atom is 0.357 e. The van der Waals surface area contributed by atoms with E-state index in [0.29, 0.717) is 5.65 Å². The van der Waals surface area contributed by atoms with Crippen LogP contribution in [0.5, 0.6) is 5.75 Å². The molecule has 2 N–H and O–H groups in total. The highest BCUT2D eigenvalue weighted by Gasteiger charge is 2.05. The van der Waals surface area contributed by atoms with Crippen LogP contribution in [0.2, 0.25) is 0 Å². The van der Waals surface area contributed by atoms with Gasteiger partial charge in [0.25, 0.3) is 0 Å². The SMILES string of the molecule is O=c1cc2[nH]n(I)c(=O)n2cc1O. The van der Waals surface area contributed by atoms with Crippen LogP contribution in [0, 0.1) is 0 Å². The first-order chi connectivity index (χ1) is 6.09. The number of hydrogen-bond acceptors (Lipinski definition) is 3. The molecule has 0 fully saturated rings. The highest BCUT2D eigenvalue weighted by Crippen LogP contribution is 2.01. The van der Waals surface area contributed by atoms with Crippen LogP contribution in [0.4, 0.5) is 0 Å². The second-order valence-electron chi connectivity index (χ2n) is 2.45. The quantitative estimate of drug-likeness (QED) is 0.654. The number of halogens is 1. The average Bonchev–Trinajstić information content (AvgIpc) is 2.32. The number of H-pyrrole nitrogens is 1. The van der Waals surface area contributed by atoms with E-state index in [-0.39, 0.29) is 5.69 Å². The number of nitrogens with one attached hydrogen (secondary N) is 1. The van der Waals surface area contributed by atoms with Gasteiger partial charge < -0.3 is 5.11 Å². The molecule has 0 aliphatic heterocycles. The molecule has 0 bridgehead atoms. The Balaban J connectivity index is 3.06. The van der Waals surface area contributed by atoms with E-state index in [2.05, 4.69) is 5.10 Å². The van der Waals surface area contributed by atoms with Gasteiger partial charge in [-0.3, -0.25) is 9.89 Å². The standard InChI is InChI=1S/C6H4IN3O3/c7-10-6(13)9-2-4(12)3(11)1-5(9)8-10/h1-2,8,12H. The summed E-state index contributed by atoms with van der Waals surface area (Å²) in [7, 11) is 0. The Hall–Kier alpha value is -1.25. The fourth-order valence-corrected chi connectivity index (χ4v) is 1.49. The summed E-state index contributed by atoms with van der Waals surface area (Å²) < 4.78 is 2.34. The summed E-state index contributed by atoms with van der Waals surface area (Å²) in [6.07, 6.45) is 1.09. The van der Waals surface area contributed by atoms with Crippen molar-refractivity contribution in [1.82, 2.24) is 12.4 Å². The fourth-order valence-electron chi connectivity index (χ4n) is 1.01. The third kappa shape index (κ3) is 1.15. The largest absolute Gasteiger partial charge is 0.503 e. The molecule has 68 valence electrons. The fraction of sp³-hybridized carbons (Fsp3) is 0. The van der Waals surface area contributed by atoms with Crippen LogP contribution < -0.4 is 11.1 Å². The van der Waals surface area contributed by atoms with Gasteiger partial charge in [-0.15, -0.1) is 0 Å². The van der Waals surface area contributed by atoms with Gasteiger partial charge in [0.15, 0.2) is 5.75 Å². The molecule has 13 heavy (non-hydrogen) atoms. The molecule has 0 aromatic carbocycles. The number of nitrogens with zero attached hydrogens (tertiary/aromatic N) is 2. The van der Waals surface area contributed by atoms with Crippen LogP contribution in [0.25, 0.3) is 5.65 Å². The molecular formula is C6H4IN3O3. The molecule has 0 radical (unpaired) electrons. The van der Waals surface area contributed by atoms with Gasteiger partial charge in [-0.1, -0.05) is 0 Å². The van der Waals surface area contributed by atoms with Crippen molar-refractivity contribution in [1.29, 1.82) is 0 Å². The van der Waals surface area contributed by atoms with Gasteiger partial charge >= 0.3 is 5.69 Å². The maximum atomic E-state index is 11.3. The Bertz CT molecular complexity index is 579. The topological polar surface area (TPSA) is 79.5 Å². The van der Waals surface area contributed by atoms with Crippen LogP contribution >= 0.6 is 22.9 Å². The summed E-state index contributed by atoms with van der Waals surface area (Å²) in [5.41, 5.74) is -0.522. The van der Waals surface area contributed by atoms with Crippen molar-refractivity contribution in [3.05, 3.63) is 33.0 Å². The van der Waals surface area contributed by atoms with Crippen LogP contribution in [0.15, 0.2) is 21.9 Å². The third-order valence-electron chi connectivity index (χ3n) is 1.62. The zero-order valence-electron chi connectivity index (χ0n) is 6.19. The number of aromatic nitrogens is 3. The van der Waals surface area contributed by atoms with E-state index in [1.54, 1.807) is 22.9 Å². The average molecular weight is 293 g/mol. The van der Waals surface area contributed by atoms with E-state index < -0.39 is 11.2 Å². The summed E-state index contributed by atoms with van der Waals surface area (Å²) in [4.78, 5) is 22.2. The van der Waals surface area contributed by atoms with E-state index in [1.165, 1.54) is 2.90 Å². The lowest BCUT2D eigenvalue weighted by molar-refractivity contribution is 0.466. The minimum Gasteiger partial charge on any atom is -0.503 e. The van der Waals surface area contributed by atoms with Crippen molar-refractivity contribution in [3.8, 4) is 5.75 Å². The van der Waals surface area contributed by atoms with Crippen molar-refractivity contribution >= 4 is 28.5 Å². The zero-order chi connectivity index (χ0) is 9.59. The number of pyridine rings is 1. The Morgan fingerprint density at radius 3 is 2.85 bits per heavy atom. The van der Waals surface area contributed by atoms with Crippen molar-refractivity contribution in [3.63, 3.8) is 0 Å². The lowest BCUT2D eigenvalue weighted by Crippen LogP contribution is -2.14. The van der Waals surface area contributed by atoms with Crippen molar-refractivity contribution in [2.24, 2.45) is 0 Å². The van der Waals surface area contributed by atoms with Crippen LogP contribution in [-0.4, -0.2) is 17.5 Å². The molecule has 6 nitrogen and oxygen atoms in total. The van der Waals surface area contributed by atoms with Crippen LogP contribution in [0.1, 0.15) is 0 Å². The summed E-state index contributed by atoms with van der Waals surface area (Å²) in [6, 6.07) is 1.16. The maximum absolute atomic E-state index is 11.3. The monoisotopic (exact) mass is 293 g/mol. The third-order valence-corrected chi connectivity index (χ3v) is 2.27. The number of aromatic hydroxyl groups is 1. The second kappa shape index (κ2) is 2.62. The Kier molecular flexibility index (Phi) is 1.68. The molecule has 0 aliphatic carbocycles. The smallest absolute Gasteiger partial charge is 0.357 e. The molecule has 2 aromatic heterocycles. The lowest BCUT2D eigenvalue weighted by atomic mass is 10.4. The van der Waals surface area contributed by atoms with Gasteiger partial charge in [0.1, 0.15) is 5.65 Å². The van der Waals surface area contributed by atoms with Gasteiger partial charge in [-0.25, -0.2) is 9.20 Å². The van der Waals surface area contributed by atoms with Gasteiger partial charge in [0.2, 0.25) is 5.43 Å². The van der Waals surface area contributed by atoms with E-state index in [1.807, 2.05) is 0 Å². The molecule has 0 saturated carbocycles. The van der Waals surface area contributed by atoms with Gasteiger partial charge in [0, 0.05) is 6.07 Å². The molecular weight excluding hydrogens is 289 g/mol. The Morgan fingerprint density at radius 1 is 1.46 bits per heavy atom. The van der Waals surface area contributed by atoms with Gasteiger partial charge in [-0.05, 0) is 0 Å². The van der Waals surface area contributed by atoms with E-state index in [0.717, 1.165) is 16.7 Å². The first-order valence-corrected chi connectivity index (χ1v) is 4.28. The first-order valence-electron chi connectivity index (χ1n) is 3.32. The van der Waals surface area contributed by atoms with E-state index in [9.17, 15) is 9.59 Å². The molecule has 0 amide bonds. The predicted octanol–water partition coefficient (Wildman–Crippen LogP) is -0.307. The zero-order valence-corrected chi connectivity index (χ0v) is 8.35. The lowest BCUT2D eigenvalue weighted by Gasteiger charge is -1.90. The molecule has 2 rings (SSSR count). The van der Waals surface area contributed by atoms with Crippen LogP contribution in [-0.2, 0) is 0 Å². The van der Waals surface area contributed by atoms with Crippen LogP contribution in [0.3, 0.4) is 0 Å². The second-order valence-corrected chi connectivity index (χ2v) is 3.42. The number of hydrogen-bond donors (Lipinski definition) is 2. The molecule has 7 heteroatoms. The summed E-state index contributed by atoms with van der Waals surface area (Å²) in [5, 5.41) is 11.7. The number of rotatable bonds is 0. The minimum atomic E-state index is -0.516. The molecule has 0 atom stereocenters. The molecule has 0 saturated heterocycles. The normalized spacial score (nSPS) is 10.8. The first kappa shape index (κ1) is 8.35. The molecule has 0 spiro atoms. The van der Waals surface area contributed by atoms with Crippen molar-refractivity contribution in [2.45, 2.75) is 0 Å². The minimum absolute atomic E-state index is 0.349. The summed E-state index contributed by atoms with van der Waals surface area (Å²) in [6.45, 7) is 0. The highest BCUT2D eigenvalue weighted by atomic mass is 127. The van der Waals surface area contributed by atoms with E-state index in [4.69, 9.17) is 5.11 Å². The van der Waals surface area contributed by atoms with Crippen molar-refractivity contribution in [2.75, 3.05) is 0 Å². The van der Waals surface area contributed by atoms with E-state index >= 15 is 0 Å².